The van der Waals surface area contributed by atoms with Gasteiger partial charge in [0.15, 0.2) is 0 Å². The Labute approximate surface area is 106 Å². The van der Waals surface area contributed by atoms with E-state index in [1.54, 1.807) is 18.1 Å². The Bertz CT molecular complexity index is 459. The molecule has 2 fully saturated rings. The van der Waals surface area contributed by atoms with Crippen molar-refractivity contribution < 1.29 is 9.53 Å². The van der Waals surface area contributed by atoms with Crippen LogP contribution in [0.5, 0.6) is 0 Å². The normalized spacial score (nSPS) is 31.4. The summed E-state index contributed by atoms with van der Waals surface area (Å²) < 4.78 is 7.40. The zero-order valence-electron chi connectivity index (χ0n) is 10.7. The number of piperidine rings is 1. The van der Waals surface area contributed by atoms with Crippen LogP contribution in [0.25, 0.3) is 0 Å². The van der Waals surface area contributed by atoms with Crippen LogP contribution < -0.4 is 0 Å². The Kier molecular flexibility index (Phi) is 2.81. The Hall–Kier alpha value is -1.43. The van der Waals surface area contributed by atoms with Gasteiger partial charge in [-0.15, -0.1) is 5.10 Å². The number of hydrogen-bond donors (Lipinski definition) is 0. The highest BCUT2D eigenvalue weighted by molar-refractivity contribution is 5.90. The van der Waals surface area contributed by atoms with E-state index in [9.17, 15) is 4.79 Å². The number of aryl methyl sites for hydroxylation is 1. The van der Waals surface area contributed by atoms with E-state index >= 15 is 0 Å². The predicted molar refractivity (Wildman–Crippen MR) is 64.0 cm³/mol. The standard InChI is InChI=1S/C12H18N4O2/c1-8-5-9-3-4-16(6-10(9)18-8)12(17)11-13-7-15(2)14-11/h7-10H,3-6H2,1-2H3/t8-,9+,10-/m1/s1. The van der Waals surface area contributed by atoms with Crippen LogP contribution in [0.15, 0.2) is 6.33 Å². The molecule has 6 heteroatoms. The number of aromatic nitrogens is 3. The van der Waals surface area contributed by atoms with Crippen molar-refractivity contribution in [3.8, 4) is 0 Å². The van der Waals surface area contributed by atoms with Crippen LogP contribution in [-0.4, -0.2) is 50.9 Å². The summed E-state index contributed by atoms with van der Waals surface area (Å²) in [6.07, 6.45) is 4.21. The number of hydrogen-bond acceptors (Lipinski definition) is 4. The first kappa shape index (κ1) is 11.6. The molecule has 1 amide bonds. The number of amides is 1. The molecule has 3 atom stereocenters. The molecule has 18 heavy (non-hydrogen) atoms. The Balaban J connectivity index is 1.69. The monoisotopic (exact) mass is 250 g/mol. The first-order valence-corrected chi connectivity index (χ1v) is 6.44. The first-order chi connectivity index (χ1) is 8.63. The third-order valence-corrected chi connectivity index (χ3v) is 3.82. The molecular formula is C12H18N4O2. The fourth-order valence-electron chi connectivity index (χ4n) is 2.93. The quantitative estimate of drug-likeness (QED) is 0.726. The molecule has 0 bridgehead atoms. The fourth-order valence-corrected chi connectivity index (χ4v) is 2.93. The molecule has 3 heterocycles. The summed E-state index contributed by atoms with van der Waals surface area (Å²) in [5, 5.41) is 4.06. The number of likely N-dealkylation sites (tertiary alicyclic amines) is 1. The topological polar surface area (TPSA) is 60.2 Å². The highest BCUT2D eigenvalue weighted by Gasteiger charge is 2.39. The molecule has 3 rings (SSSR count). The molecule has 0 aromatic carbocycles. The van der Waals surface area contributed by atoms with Gasteiger partial charge < -0.3 is 9.64 Å². The van der Waals surface area contributed by atoms with Crippen LogP contribution in [0.1, 0.15) is 30.4 Å². The van der Waals surface area contributed by atoms with E-state index in [1.165, 1.54) is 0 Å². The van der Waals surface area contributed by atoms with Crippen molar-refractivity contribution in [2.45, 2.75) is 32.0 Å². The number of carbonyl (C=O) groups excluding carboxylic acids is 1. The molecule has 0 radical (unpaired) electrons. The van der Waals surface area contributed by atoms with E-state index in [2.05, 4.69) is 17.0 Å². The minimum atomic E-state index is -0.0859. The minimum Gasteiger partial charge on any atom is -0.373 e. The second-order valence-electron chi connectivity index (χ2n) is 5.26. The lowest BCUT2D eigenvalue weighted by Gasteiger charge is -2.33. The lowest BCUT2D eigenvalue weighted by atomic mass is 9.92. The lowest BCUT2D eigenvalue weighted by Crippen LogP contribution is -2.45. The maximum atomic E-state index is 12.2. The van der Waals surface area contributed by atoms with E-state index in [1.807, 2.05) is 4.90 Å². The van der Waals surface area contributed by atoms with Gasteiger partial charge in [0.05, 0.1) is 12.2 Å². The van der Waals surface area contributed by atoms with Gasteiger partial charge in [-0.05, 0) is 25.7 Å². The lowest BCUT2D eigenvalue weighted by molar-refractivity contribution is 0.00118. The fraction of sp³-hybridized carbons (Fsp3) is 0.750. The maximum Gasteiger partial charge on any atom is 0.293 e. The molecule has 0 unspecified atom stereocenters. The number of nitrogens with zero attached hydrogens (tertiary/aromatic N) is 4. The summed E-state index contributed by atoms with van der Waals surface area (Å²) >= 11 is 0. The van der Waals surface area contributed by atoms with Crippen molar-refractivity contribution in [3.63, 3.8) is 0 Å². The van der Waals surface area contributed by atoms with Crippen molar-refractivity contribution in [2.24, 2.45) is 13.0 Å². The highest BCUT2D eigenvalue weighted by Crippen LogP contribution is 2.33. The summed E-state index contributed by atoms with van der Waals surface area (Å²) in [6.45, 7) is 3.56. The van der Waals surface area contributed by atoms with Gasteiger partial charge in [-0.25, -0.2) is 4.98 Å². The van der Waals surface area contributed by atoms with E-state index in [-0.39, 0.29) is 17.8 Å². The van der Waals surface area contributed by atoms with Gasteiger partial charge in [0.2, 0.25) is 5.82 Å². The summed E-state index contributed by atoms with van der Waals surface area (Å²) in [7, 11) is 1.76. The highest BCUT2D eigenvalue weighted by atomic mass is 16.5. The molecule has 1 aromatic rings. The number of carbonyl (C=O) groups is 1. The summed E-state index contributed by atoms with van der Waals surface area (Å²) in [5.74, 6) is 0.806. The Morgan fingerprint density at radius 3 is 3.11 bits per heavy atom. The largest absolute Gasteiger partial charge is 0.373 e. The van der Waals surface area contributed by atoms with Crippen molar-refractivity contribution in [2.75, 3.05) is 13.1 Å². The molecule has 0 N–H and O–H groups in total. The van der Waals surface area contributed by atoms with E-state index in [0.29, 0.717) is 18.6 Å². The SMILES string of the molecule is C[C@@H]1C[C@@H]2CCN(C(=O)c3ncn(C)n3)C[C@H]2O1. The summed E-state index contributed by atoms with van der Waals surface area (Å²) in [4.78, 5) is 18.0. The smallest absolute Gasteiger partial charge is 0.293 e. The molecule has 0 aliphatic carbocycles. The van der Waals surface area contributed by atoms with Crippen molar-refractivity contribution >= 4 is 5.91 Å². The van der Waals surface area contributed by atoms with Gasteiger partial charge in [-0.3, -0.25) is 9.48 Å². The molecule has 2 saturated heterocycles. The molecule has 0 saturated carbocycles. The van der Waals surface area contributed by atoms with Crippen LogP contribution in [0, 0.1) is 5.92 Å². The summed E-state index contributed by atoms with van der Waals surface area (Å²) in [5.41, 5.74) is 0. The van der Waals surface area contributed by atoms with Gasteiger partial charge in [0, 0.05) is 20.1 Å². The zero-order chi connectivity index (χ0) is 12.7. The van der Waals surface area contributed by atoms with Crippen LogP contribution in [-0.2, 0) is 11.8 Å². The van der Waals surface area contributed by atoms with Gasteiger partial charge in [0.1, 0.15) is 6.33 Å². The van der Waals surface area contributed by atoms with Crippen molar-refractivity contribution in [1.82, 2.24) is 19.7 Å². The molecule has 2 aliphatic rings. The first-order valence-electron chi connectivity index (χ1n) is 6.44. The minimum absolute atomic E-state index is 0.0859. The Morgan fingerprint density at radius 2 is 2.39 bits per heavy atom. The van der Waals surface area contributed by atoms with Crippen LogP contribution in [0.2, 0.25) is 0 Å². The average Bonchev–Trinajstić information content (AvgIpc) is 2.92. The van der Waals surface area contributed by atoms with E-state index < -0.39 is 0 Å². The third-order valence-electron chi connectivity index (χ3n) is 3.82. The predicted octanol–water partition coefficient (Wildman–Crippen LogP) is 0.455. The number of ether oxygens (including phenoxy) is 1. The molecule has 98 valence electrons. The van der Waals surface area contributed by atoms with Gasteiger partial charge in [-0.2, -0.15) is 0 Å². The van der Waals surface area contributed by atoms with Crippen LogP contribution >= 0.6 is 0 Å². The Morgan fingerprint density at radius 1 is 1.56 bits per heavy atom. The van der Waals surface area contributed by atoms with Crippen LogP contribution in [0.4, 0.5) is 0 Å². The van der Waals surface area contributed by atoms with E-state index in [0.717, 1.165) is 19.4 Å². The van der Waals surface area contributed by atoms with Gasteiger partial charge >= 0.3 is 0 Å². The summed E-state index contributed by atoms with van der Waals surface area (Å²) in [6, 6.07) is 0. The number of fused-ring (bicyclic) bond motifs is 1. The van der Waals surface area contributed by atoms with Gasteiger partial charge in [0.25, 0.3) is 5.91 Å². The second-order valence-corrected chi connectivity index (χ2v) is 5.26. The average molecular weight is 250 g/mol. The van der Waals surface area contributed by atoms with E-state index in [4.69, 9.17) is 4.74 Å². The molecule has 2 aliphatic heterocycles. The maximum absolute atomic E-state index is 12.2. The molecule has 6 nitrogen and oxygen atoms in total. The molecule has 1 aromatic heterocycles. The zero-order valence-corrected chi connectivity index (χ0v) is 10.7. The molecule has 0 spiro atoms. The van der Waals surface area contributed by atoms with Gasteiger partial charge in [-0.1, -0.05) is 0 Å². The number of rotatable bonds is 1. The second kappa shape index (κ2) is 4.35. The van der Waals surface area contributed by atoms with Crippen molar-refractivity contribution in [3.05, 3.63) is 12.2 Å². The molecular weight excluding hydrogens is 232 g/mol. The third kappa shape index (κ3) is 2.01. The van der Waals surface area contributed by atoms with Crippen LogP contribution in [0.3, 0.4) is 0 Å². The van der Waals surface area contributed by atoms with Crippen molar-refractivity contribution in [1.29, 1.82) is 0 Å².